The van der Waals surface area contributed by atoms with Crippen LogP contribution in [0.15, 0.2) is 0 Å². The molecule has 2 N–H and O–H groups in total. The van der Waals surface area contributed by atoms with Crippen LogP contribution in [0.3, 0.4) is 0 Å². The summed E-state index contributed by atoms with van der Waals surface area (Å²) in [5.41, 5.74) is -0.516. The Labute approximate surface area is 112 Å². The predicted molar refractivity (Wildman–Crippen MR) is 68.2 cm³/mol. The average molecular weight is 289 g/mol. The molecule has 2 fully saturated rings. The van der Waals surface area contributed by atoms with Gasteiger partial charge in [0, 0.05) is 6.54 Å². The first-order valence-corrected chi connectivity index (χ1v) is 8.18. The molecule has 0 aromatic rings. The molecule has 1 saturated carbocycles. The molecule has 1 amide bonds. The maximum Gasteiger partial charge on any atom is 0.307 e. The van der Waals surface area contributed by atoms with Crippen molar-refractivity contribution in [1.82, 2.24) is 5.32 Å². The van der Waals surface area contributed by atoms with Crippen LogP contribution in [0.5, 0.6) is 0 Å². The molecule has 6 nitrogen and oxygen atoms in total. The van der Waals surface area contributed by atoms with Crippen molar-refractivity contribution in [3.05, 3.63) is 0 Å². The van der Waals surface area contributed by atoms with Gasteiger partial charge in [-0.1, -0.05) is 13.8 Å². The Hall–Kier alpha value is -1.11. The number of carbonyl (C=O) groups is 2. The first-order chi connectivity index (χ1) is 8.65. The van der Waals surface area contributed by atoms with Gasteiger partial charge in [0.15, 0.2) is 9.84 Å². The zero-order chi connectivity index (χ0) is 14.4. The summed E-state index contributed by atoms with van der Waals surface area (Å²) in [7, 11) is -2.94. The molecule has 108 valence electrons. The zero-order valence-electron chi connectivity index (χ0n) is 11.0. The molecular weight excluding hydrogens is 270 g/mol. The largest absolute Gasteiger partial charge is 0.481 e. The number of sulfone groups is 1. The lowest BCUT2D eigenvalue weighted by Gasteiger charge is -2.10. The van der Waals surface area contributed by atoms with Gasteiger partial charge in [-0.05, 0) is 17.8 Å². The molecule has 1 unspecified atom stereocenters. The second-order valence-electron chi connectivity index (χ2n) is 6.13. The van der Waals surface area contributed by atoms with E-state index in [9.17, 15) is 18.0 Å². The van der Waals surface area contributed by atoms with Crippen LogP contribution in [0.4, 0.5) is 0 Å². The zero-order valence-corrected chi connectivity index (χ0v) is 11.9. The van der Waals surface area contributed by atoms with E-state index >= 15 is 0 Å². The van der Waals surface area contributed by atoms with E-state index in [-0.39, 0.29) is 23.3 Å². The fourth-order valence-electron chi connectivity index (χ4n) is 2.98. The molecule has 3 atom stereocenters. The average Bonchev–Trinajstić information content (AvgIpc) is 2.67. The van der Waals surface area contributed by atoms with E-state index in [1.165, 1.54) is 0 Å². The molecule has 2 rings (SSSR count). The van der Waals surface area contributed by atoms with Crippen LogP contribution in [0.2, 0.25) is 0 Å². The number of aliphatic carboxylic acids is 1. The molecule has 0 aromatic heterocycles. The number of carbonyl (C=O) groups excluding carboxylic acids is 1. The van der Waals surface area contributed by atoms with E-state index in [1.807, 2.05) is 0 Å². The van der Waals surface area contributed by atoms with E-state index in [0.717, 1.165) is 0 Å². The van der Waals surface area contributed by atoms with Crippen LogP contribution in [-0.4, -0.2) is 43.5 Å². The summed E-state index contributed by atoms with van der Waals surface area (Å²) in [5.74, 6) is -2.12. The van der Waals surface area contributed by atoms with Crippen LogP contribution >= 0.6 is 0 Å². The maximum atomic E-state index is 11.9. The molecule has 19 heavy (non-hydrogen) atoms. The minimum absolute atomic E-state index is 0.0425. The maximum absolute atomic E-state index is 11.9. The summed E-state index contributed by atoms with van der Waals surface area (Å²) in [6, 6.07) is 0. The minimum atomic E-state index is -2.94. The van der Waals surface area contributed by atoms with Crippen LogP contribution in [0.1, 0.15) is 20.3 Å². The van der Waals surface area contributed by atoms with Crippen molar-refractivity contribution in [2.24, 2.45) is 23.2 Å². The van der Waals surface area contributed by atoms with Crippen molar-refractivity contribution in [2.75, 3.05) is 18.1 Å². The molecule has 0 bridgehead atoms. The van der Waals surface area contributed by atoms with Gasteiger partial charge in [-0.25, -0.2) is 8.42 Å². The molecule has 1 saturated heterocycles. The molecular formula is C12H19NO5S. The van der Waals surface area contributed by atoms with Gasteiger partial charge in [0.1, 0.15) is 0 Å². The summed E-state index contributed by atoms with van der Waals surface area (Å²) in [6.07, 6.45) is 0.568. The Morgan fingerprint density at radius 1 is 1.32 bits per heavy atom. The van der Waals surface area contributed by atoms with Crippen molar-refractivity contribution >= 4 is 21.7 Å². The normalized spacial score (nSPS) is 34.7. The van der Waals surface area contributed by atoms with Crippen LogP contribution in [0, 0.1) is 23.2 Å². The Kier molecular flexibility index (Phi) is 3.36. The highest BCUT2D eigenvalue weighted by molar-refractivity contribution is 7.91. The number of hydrogen-bond acceptors (Lipinski definition) is 4. The summed E-state index contributed by atoms with van der Waals surface area (Å²) in [4.78, 5) is 22.9. The highest BCUT2D eigenvalue weighted by atomic mass is 32.2. The van der Waals surface area contributed by atoms with Gasteiger partial charge in [-0.15, -0.1) is 0 Å². The second-order valence-corrected chi connectivity index (χ2v) is 8.36. The van der Waals surface area contributed by atoms with Crippen LogP contribution in [0.25, 0.3) is 0 Å². The summed E-state index contributed by atoms with van der Waals surface area (Å²) in [6.45, 7) is 3.84. The van der Waals surface area contributed by atoms with Gasteiger partial charge >= 0.3 is 5.97 Å². The second kappa shape index (κ2) is 4.47. The van der Waals surface area contributed by atoms with Gasteiger partial charge in [-0.3, -0.25) is 9.59 Å². The topological polar surface area (TPSA) is 101 Å². The number of nitrogens with one attached hydrogen (secondary N) is 1. The monoisotopic (exact) mass is 289 g/mol. The standard InChI is InChI=1S/C12H19NO5S/c1-12(2)8(9(12)11(15)16)10(14)13-5-7-3-4-19(17,18)6-7/h7-9H,3-6H2,1-2H3,(H,13,14)(H,15,16)/t7?,8-,9+/m1/s1. The Morgan fingerprint density at radius 2 is 1.95 bits per heavy atom. The van der Waals surface area contributed by atoms with E-state index in [4.69, 9.17) is 5.11 Å². The van der Waals surface area contributed by atoms with Crippen molar-refractivity contribution in [3.63, 3.8) is 0 Å². The molecule has 0 aromatic carbocycles. The first kappa shape index (κ1) is 14.3. The quantitative estimate of drug-likeness (QED) is 0.752. The highest BCUT2D eigenvalue weighted by Gasteiger charge is 2.65. The van der Waals surface area contributed by atoms with Crippen molar-refractivity contribution in [3.8, 4) is 0 Å². The third-order valence-corrected chi connectivity index (χ3v) is 6.10. The minimum Gasteiger partial charge on any atom is -0.481 e. The van der Waals surface area contributed by atoms with Gasteiger partial charge in [-0.2, -0.15) is 0 Å². The molecule has 2 aliphatic rings. The molecule has 0 radical (unpaired) electrons. The molecule has 1 aliphatic heterocycles. The summed E-state index contributed by atoms with van der Waals surface area (Å²) in [5, 5.41) is 11.7. The lowest BCUT2D eigenvalue weighted by atomic mass is 10.1. The van der Waals surface area contributed by atoms with Crippen molar-refractivity contribution < 1.29 is 23.1 Å². The lowest BCUT2D eigenvalue weighted by molar-refractivity contribution is -0.140. The van der Waals surface area contributed by atoms with Gasteiger partial charge in [0.2, 0.25) is 5.91 Å². The van der Waals surface area contributed by atoms with Crippen molar-refractivity contribution in [2.45, 2.75) is 20.3 Å². The van der Waals surface area contributed by atoms with E-state index in [0.29, 0.717) is 13.0 Å². The Morgan fingerprint density at radius 3 is 2.37 bits per heavy atom. The summed E-state index contributed by atoms with van der Waals surface area (Å²) < 4.78 is 22.6. The van der Waals surface area contributed by atoms with Crippen LogP contribution in [-0.2, 0) is 19.4 Å². The van der Waals surface area contributed by atoms with Gasteiger partial charge in [0.05, 0.1) is 23.3 Å². The molecule has 1 aliphatic carbocycles. The predicted octanol–water partition coefficient (Wildman–Crippen LogP) is -0.106. The van der Waals surface area contributed by atoms with E-state index in [2.05, 4.69) is 5.32 Å². The lowest BCUT2D eigenvalue weighted by Crippen LogP contribution is -2.32. The van der Waals surface area contributed by atoms with E-state index < -0.39 is 33.1 Å². The molecule has 1 heterocycles. The van der Waals surface area contributed by atoms with Crippen molar-refractivity contribution in [1.29, 1.82) is 0 Å². The number of carboxylic acids is 1. The number of carboxylic acid groups (broad SMARTS) is 1. The summed E-state index contributed by atoms with van der Waals surface area (Å²) >= 11 is 0. The number of rotatable bonds is 4. The Balaban J connectivity index is 1.85. The first-order valence-electron chi connectivity index (χ1n) is 6.36. The number of hydrogen-bond donors (Lipinski definition) is 2. The molecule has 0 spiro atoms. The third-order valence-electron chi connectivity index (χ3n) is 4.27. The van der Waals surface area contributed by atoms with Crippen LogP contribution < -0.4 is 5.32 Å². The Bertz CT molecular complexity index is 510. The smallest absolute Gasteiger partial charge is 0.307 e. The number of amides is 1. The van der Waals surface area contributed by atoms with E-state index in [1.54, 1.807) is 13.8 Å². The molecule has 7 heteroatoms. The van der Waals surface area contributed by atoms with Gasteiger partial charge in [0.25, 0.3) is 0 Å². The van der Waals surface area contributed by atoms with Gasteiger partial charge < -0.3 is 10.4 Å². The SMILES string of the molecule is CC1(C)[C@H](C(=O)O)[C@@H]1C(=O)NCC1CCS(=O)(=O)C1. The fourth-order valence-corrected chi connectivity index (χ4v) is 4.84. The fraction of sp³-hybridized carbons (Fsp3) is 0.833. The third kappa shape index (κ3) is 2.75. The highest BCUT2D eigenvalue weighted by Crippen LogP contribution is 2.58.